The van der Waals surface area contributed by atoms with E-state index in [0.717, 1.165) is 47.8 Å². The van der Waals surface area contributed by atoms with Crippen LogP contribution in [-0.2, 0) is 9.59 Å². The Bertz CT molecular complexity index is 707. The van der Waals surface area contributed by atoms with Crippen molar-refractivity contribution < 1.29 is 22.8 Å². The van der Waals surface area contributed by atoms with Gasteiger partial charge in [0.25, 0.3) is 0 Å². The van der Waals surface area contributed by atoms with Crippen LogP contribution < -0.4 is 10.2 Å². The van der Waals surface area contributed by atoms with Crippen molar-refractivity contribution in [1.82, 2.24) is 4.90 Å². The van der Waals surface area contributed by atoms with Crippen LogP contribution in [0, 0.1) is 12.8 Å². The lowest BCUT2D eigenvalue weighted by Crippen LogP contribution is -2.46. The number of halogens is 3. The minimum absolute atomic E-state index is 0.0524. The van der Waals surface area contributed by atoms with Gasteiger partial charge in [0.15, 0.2) is 0 Å². The summed E-state index contributed by atoms with van der Waals surface area (Å²) >= 11 is 0. The highest BCUT2D eigenvalue weighted by atomic mass is 19.4. The number of hydrogen-bond donors (Lipinski definition) is 1. The first-order valence-corrected chi connectivity index (χ1v) is 9.28. The average molecular weight is 383 g/mol. The number of hydrogen-bond acceptors (Lipinski definition) is 3. The number of benzene rings is 1. The van der Waals surface area contributed by atoms with Crippen molar-refractivity contribution in [2.24, 2.45) is 5.92 Å². The normalized spacial score (nSPS) is 18.7. The molecule has 0 unspecified atom stereocenters. The summed E-state index contributed by atoms with van der Waals surface area (Å²) in [5.74, 6) is -2.41. The minimum Gasteiger partial charge on any atom is -0.371 e. The minimum atomic E-state index is -4.86. The number of likely N-dealkylation sites (tertiary alicyclic amines) is 1. The maximum Gasteiger partial charge on any atom is 0.471 e. The Morgan fingerprint density at radius 1 is 1.07 bits per heavy atom. The molecule has 8 heteroatoms. The van der Waals surface area contributed by atoms with E-state index < -0.39 is 18.0 Å². The van der Waals surface area contributed by atoms with Gasteiger partial charge >= 0.3 is 12.1 Å². The first-order valence-electron chi connectivity index (χ1n) is 9.28. The molecule has 0 aliphatic carbocycles. The molecule has 1 aromatic carbocycles. The zero-order chi connectivity index (χ0) is 19.6. The third-order valence-electron chi connectivity index (χ3n) is 5.35. The second kappa shape index (κ2) is 7.78. The van der Waals surface area contributed by atoms with E-state index in [1.165, 1.54) is 0 Å². The van der Waals surface area contributed by atoms with E-state index >= 15 is 0 Å². The third-order valence-corrected chi connectivity index (χ3v) is 5.35. The van der Waals surface area contributed by atoms with Crippen LogP contribution in [0.1, 0.15) is 31.2 Å². The van der Waals surface area contributed by atoms with Gasteiger partial charge in [0, 0.05) is 43.5 Å². The van der Waals surface area contributed by atoms with Crippen molar-refractivity contribution in [2.75, 3.05) is 36.4 Å². The van der Waals surface area contributed by atoms with Gasteiger partial charge in [-0.1, -0.05) is 6.07 Å². The van der Waals surface area contributed by atoms with Gasteiger partial charge in [-0.15, -0.1) is 0 Å². The van der Waals surface area contributed by atoms with Crippen LogP contribution in [0.15, 0.2) is 18.2 Å². The highest BCUT2D eigenvalue weighted by Gasteiger charge is 2.43. The Balaban J connectivity index is 1.60. The molecule has 2 saturated heterocycles. The van der Waals surface area contributed by atoms with E-state index in [-0.39, 0.29) is 31.8 Å². The molecule has 27 heavy (non-hydrogen) atoms. The second-order valence-electron chi connectivity index (χ2n) is 7.25. The zero-order valence-electron chi connectivity index (χ0n) is 15.3. The first kappa shape index (κ1) is 19.5. The maximum atomic E-state index is 12.6. The fraction of sp³-hybridized carbons (Fsp3) is 0.579. The van der Waals surface area contributed by atoms with Gasteiger partial charge in [-0.3, -0.25) is 9.59 Å². The molecular weight excluding hydrogens is 359 g/mol. The summed E-state index contributed by atoms with van der Waals surface area (Å²) in [4.78, 5) is 26.9. The van der Waals surface area contributed by atoms with Crippen LogP contribution in [0.25, 0.3) is 0 Å². The number of nitrogens with zero attached hydrogens (tertiary/aromatic N) is 2. The molecule has 2 aliphatic rings. The molecular formula is C19H24F3N3O2. The van der Waals surface area contributed by atoms with Crippen LogP contribution in [0.3, 0.4) is 0 Å². The van der Waals surface area contributed by atoms with Crippen LogP contribution >= 0.6 is 0 Å². The lowest BCUT2D eigenvalue weighted by molar-refractivity contribution is -0.186. The molecule has 0 bridgehead atoms. The molecule has 1 N–H and O–H groups in total. The van der Waals surface area contributed by atoms with E-state index in [2.05, 4.69) is 10.2 Å². The number of rotatable bonds is 3. The summed E-state index contributed by atoms with van der Waals surface area (Å²) in [6, 6.07) is 5.96. The first-order chi connectivity index (χ1) is 12.8. The van der Waals surface area contributed by atoms with Gasteiger partial charge in [0.2, 0.25) is 5.91 Å². The average Bonchev–Trinajstić information content (AvgIpc) is 3.17. The number of aryl methyl sites for hydroxylation is 1. The number of amides is 2. The van der Waals surface area contributed by atoms with E-state index in [9.17, 15) is 22.8 Å². The molecule has 3 rings (SSSR count). The zero-order valence-corrected chi connectivity index (χ0v) is 15.3. The van der Waals surface area contributed by atoms with Crippen molar-refractivity contribution in [3.05, 3.63) is 23.8 Å². The Labute approximate surface area is 156 Å². The molecule has 2 aliphatic heterocycles. The lowest BCUT2D eigenvalue weighted by atomic mass is 9.95. The molecule has 0 atom stereocenters. The van der Waals surface area contributed by atoms with Crippen molar-refractivity contribution in [2.45, 2.75) is 38.8 Å². The van der Waals surface area contributed by atoms with Crippen molar-refractivity contribution >= 4 is 23.2 Å². The van der Waals surface area contributed by atoms with Crippen LogP contribution in [0.5, 0.6) is 0 Å². The molecule has 0 radical (unpaired) electrons. The quantitative estimate of drug-likeness (QED) is 0.871. The van der Waals surface area contributed by atoms with Gasteiger partial charge in [0.05, 0.1) is 0 Å². The summed E-state index contributed by atoms with van der Waals surface area (Å²) in [6.45, 7) is 3.81. The molecule has 0 aromatic heterocycles. The van der Waals surface area contributed by atoms with Gasteiger partial charge in [-0.05, 0) is 50.3 Å². The molecule has 0 saturated carbocycles. The molecule has 2 heterocycles. The van der Waals surface area contributed by atoms with Crippen LogP contribution in [0.4, 0.5) is 24.5 Å². The van der Waals surface area contributed by atoms with Crippen molar-refractivity contribution in [1.29, 1.82) is 0 Å². The van der Waals surface area contributed by atoms with Crippen LogP contribution in [-0.4, -0.2) is 49.1 Å². The third kappa shape index (κ3) is 4.54. The predicted molar refractivity (Wildman–Crippen MR) is 96.6 cm³/mol. The number of carbonyl (C=O) groups excluding carboxylic acids is 2. The van der Waals surface area contributed by atoms with Gasteiger partial charge in [-0.2, -0.15) is 13.2 Å². The largest absolute Gasteiger partial charge is 0.471 e. The molecule has 2 fully saturated rings. The summed E-state index contributed by atoms with van der Waals surface area (Å²) < 4.78 is 37.5. The molecule has 0 spiro atoms. The van der Waals surface area contributed by atoms with E-state index in [4.69, 9.17) is 0 Å². The monoisotopic (exact) mass is 383 g/mol. The maximum absolute atomic E-state index is 12.6. The molecule has 2 amide bonds. The number of piperidine rings is 1. The fourth-order valence-corrected chi connectivity index (χ4v) is 3.68. The fourth-order valence-electron chi connectivity index (χ4n) is 3.68. The number of anilines is 2. The summed E-state index contributed by atoms with van der Waals surface area (Å²) in [7, 11) is 0. The number of alkyl halides is 3. The van der Waals surface area contributed by atoms with Crippen molar-refractivity contribution in [3.8, 4) is 0 Å². The molecule has 5 nitrogen and oxygen atoms in total. The summed E-state index contributed by atoms with van der Waals surface area (Å²) in [5.41, 5.74) is 2.74. The lowest BCUT2D eigenvalue weighted by Gasteiger charge is -2.31. The highest BCUT2D eigenvalue weighted by molar-refractivity contribution is 5.94. The molecule has 1 aromatic rings. The highest BCUT2D eigenvalue weighted by Crippen LogP contribution is 2.28. The van der Waals surface area contributed by atoms with Gasteiger partial charge < -0.3 is 15.1 Å². The number of carbonyl (C=O) groups is 2. The summed E-state index contributed by atoms with van der Waals surface area (Å²) in [6.07, 6.45) is -2.07. The topological polar surface area (TPSA) is 52.7 Å². The Morgan fingerprint density at radius 2 is 1.70 bits per heavy atom. The molecule has 148 valence electrons. The van der Waals surface area contributed by atoms with E-state index in [1.807, 2.05) is 25.1 Å². The second-order valence-corrected chi connectivity index (χ2v) is 7.25. The standard InChI is InChI=1S/C19H24F3N3O2/c1-13-4-5-15(24-8-2-3-9-24)12-16(13)23-17(26)14-6-10-25(11-7-14)18(27)19(20,21)22/h4-5,12,14H,2-3,6-11H2,1H3,(H,23,26). The predicted octanol–water partition coefficient (Wildman–Crippen LogP) is 3.33. The number of nitrogens with one attached hydrogen (secondary N) is 1. The van der Waals surface area contributed by atoms with E-state index in [1.54, 1.807) is 0 Å². The van der Waals surface area contributed by atoms with E-state index in [0.29, 0.717) is 0 Å². The van der Waals surface area contributed by atoms with Crippen LogP contribution in [0.2, 0.25) is 0 Å². The Morgan fingerprint density at radius 3 is 2.30 bits per heavy atom. The van der Waals surface area contributed by atoms with Crippen molar-refractivity contribution in [3.63, 3.8) is 0 Å². The van der Waals surface area contributed by atoms with Gasteiger partial charge in [-0.25, -0.2) is 0 Å². The SMILES string of the molecule is Cc1ccc(N2CCCC2)cc1NC(=O)C1CCN(C(=O)C(F)(F)F)CC1. The smallest absolute Gasteiger partial charge is 0.371 e. The summed E-state index contributed by atoms with van der Waals surface area (Å²) in [5, 5.41) is 2.93. The van der Waals surface area contributed by atoms with Gasteiger partial charge in [0.1, 0.15) is 0 Å². The Hall–Kier alpha value is -2.25. The Kier molecular flexibility index (Phi) is 5.62.